The Morgan fingerprint density at radius 2 is 2.03 bits per heavy atom. The Labute approximate surface area is 197 Å². The third kappa shape index (κ3) is 8.12. The van der Waals surface area contributed by atoms with Crippen molar-refractivity contribution in [1.82, 2.24) is 15.5 Å². The van der Waals surface area contributed by atoms with E-state index in [9.17, 15) is 9.59 Å². The number of likely N-dealkylation sites (tertiary alicyclic amines) is 1. The van der Waals surface area contributed by atoms with Gasteiger partial charge in [0.05, 0.1) is 6.54 Å². The average Bonchev–Trinajstić information content (AvgIpc) is 3.19. The van der Waals surface area contributed by atoms with Crippen LogP contribution in [0.15, 0.2) is 29.3 Å². The van der Waals surface area contributed by atoms with Gasteiger partial charge in [-0.2, -0.15) is 0 Å². The summed E-state index contributed by atoms with van der Waals surface area (Å²) >= 11 is 0. The SMILES string of the molecule is CCNC(=NCc1cccc(NC(=O)C(C)CC)c1)NC1CCN(C(=O)CC)C1.I. The monoisotopic (exact) mass is 529 g/mol. The van der Waals surface area contributed by atoms with Crippen LogP contribution in [0, 0.1) is 5.92 Å². The second-order valence-electron chi connectivity index (χ2n) is 7.52. The Bertz CT molecular complexity index is 725. The summed E-state index contributed by atoms with van der Waals surface area (Å²) in [5.74, 6) is 0.979. The third-order valence-electron chi connectivity index (χ3n) is 5.20. The highest BCUT2D eigenvalue weighted by Crippen LogP contribution is 2.14. The highest BCUT2D eigenvalue weighted by atomic mass is 127. The zero-order valence-corrected chi connectivity index (χ0v) is 20.9. The molecule has 1 saturated heterocycles. The molecule has 0 aliphatic carbocycles. The van der Waals surface area contributed by atoms with E-state index in [-0.39, 0.29) is 47.8 Å². The molecule has 2 atom stereocenters. The normalized spacial score (nSPS) is 17.1. The minimum Gasteiger partial charge on any atom is -0.357 e. The number of hydrogen-bond acceptors (Lipinski definition) is 3. The second-order valence-corrected chi connectivity index (χ2v) is 7.52. The van der Waals surface area contributed by atoms with Crippen LogP contribution in [0.1, 0.15) is 52.5 Å². The summed E-state index contributed by atoms with van der Waals surface area (Å²) in [7, 11) is 0. The lowest BCUT2D eigenvalue weighted by atomic mass is 10.1. The average molecular weight is 529 g/mol. The van der Waals surface area contributed by atoms with Crippen LogP contribution < -0.4 is 16.0 Å². The third-order valence-corrected chi connectivity index (χ3v) is 5.20. The van der Waals surface area contributed by atoms with E-state index in [4.69, 9.17) is 0 Å². The van der Waals surface area contributed by atoms with E-state index in [0.717, 1.165) is 43.1 Å². The number of rotatable bonds is 8. The molecule has 0 radical (unpaired) electrons. The Kier molecular flexibility index (Phi) is 11.8. The number of hydrogen-bond donors (Lipinski definition) is 3. The van der Waals surface area contributed by atoms with Gasteiger partial charge in [0.25, 0.3) is 0 Å². The zero-order valence-electron chi connectivity index (χ0n) is 18.5. The summed E-state index contributed by atoms with van der Waals surface area (Å²) in [5.41, 5.74) is 1.82. The molecule has 0 aromatic heterocycles. The molecule has 1 aliphatic heterocycles. The van der Waals surface area contributed by atoms with Gasteiger partial charge in [-0.1, -0.05) is 32.9 Å². The first-order valence-corrected chi connectivity index (χ1v) is 10.7. The molecule has 7 nitrogen and oxygen atoms in total. The van der Waals surface area contributed by atoms with Gasteiger partial charge in [0, 0.05) is 43.7 Å². The minimum absolute atomic E-state index is 0. The fraction of sp³-hybridized carbons (Fsp3) is 0.591. The quantitative estimate of drug-likeness (QED) is 0.274. The molecular formula is C22H36IN5O2. The summed E-state index contributed by atoms with van der Waals surface area (Å²) in [6.45, 7) is 10.6. The van der Waals surface area contributed by atoms with E-state index in [1.54, 1.807) is 0 Å². The van der Waals surface area contributed by atoms with Crippen LogP contribution in [0.25, 0.3) is 0 Å². The fourth-order valence-corrected chi connectivity index (χ4v) is 3.21. The lowest BCUT2D eigenvalue weighted by Crippen LogP contribution is -2.45. The molecule has 1 aromatic rings. The zero-order chi connectivity index (χ0) is 21.2. The standard InChI is InChI=1S/C22H35N5O2.HI/c1-5-16(4)21(29)25-18-10-8-9-17(13-18)14-24-22(23-7-3)26-19-11-12-27(15-19)20(28)6-2;/h8-10,13,16,19H,5-7,11-12,14-15H2,1-4H3,(H,25,29)(H2,23,24,26);1H. The van der Waals surface area contributed by atoms with Gasteiger partial charge in [0.1, 0.15) is 0 Å². The van der Waals surface area contributed by atoms with E-state index in [1.165, 1.54) is 0 Å². The van der Waals surface area contributed by atoms with Crippen LogP contribution in [-0.2, 0) is 16.1 Å². The highest BCUT2D eigenvalue weighted by Gasteiger charge is 2.25. The molecule has 8 heteroatoms. The predicted octanol–water partition coefficient (Wildman–Crippen LogP) is 3.36. The van der Waals surface area contributed by atoms with Crippen molar-refractivity contribution < 1.29 is 9.59 Å². The van der Waals surface area contributed by atoms with Gasteiger partial charge >= 0.3 is 0 Å². The summed E-state index contributed by atoms with van der Waals surface area (Å²) in [5, 5.41) is 9.68. The fourth-order valence-electron chi connectivity index (χ4n) is 3.21. The Morgan fingerprint density at radius 1 is 1.27 bits per heavy atom. The Hall–Kier alpha value is -1.84. The number of nitrogens with zero attached hydrogens (tertiary/aromatic N) is 2. The second kappa shape index (κ2) is 13.5. The van der Waals surface area contributed by atoms with Crippen molar-refractivity contribution in [1.29, 1.82) is 0 Å². The largest absolute Gasteiger partial charge is 0.357 e. The van der Waals surface area contributed by atoms with Gasteiger partial charge in [-0.15, -0.1) is 24.0 Å². The molecule has 2 unspecified atom stereocenters. The first kappa shape index (κ1) is 26.2. The summed E-state index contributed by atoms with van der Waals surface area (Å²) in [6.07, 6.45) is 2.29. The minimum atomic E-state index is -0.00759. The predicted molar refractivity (Wildman–Crippen MR) is 133 cm³/mol. The molecule has 1 aliphatic rings. The smallest absolute Gasteiger partial charge is 0.227 e. The summed E-state index contributed by atoms with van der Waals surface area (Å²) < 4.78 is 0. The van der Waals surface area contributed by atoms with Gasteiger partial charge < -0.3 is 20.9 Å². The number of amides is 2. The van der Waals surface area contributed by atoms with Crippen LogP contribution in [0.3, 0.4) is 0 Å². The van der Waals surface area contributed by atoms with E-state index in [0.29, 0.717) is 19.5 Å². The maximum Gasteiger partial charge on any atom is 0.227 e. The highest BCUT2D eigenvalue weighted by molar-refractivity contribution is 14.0. The van der Waals surface area contributed by atoms with Crippen LogP contribution >= 0.6 is 24.0 Å². The topological polar surface area (TPSA) is 85.8 Å². The molecular weight excluding hydrogens is 493 g/mol. The van der Waals surface area contributed by atoms with Crippen molar-refractivity contribution in [2.24, 2.45) is 10.9 Å². The van der Waals surface area contributed by atoms with Crippen molar-refractivity contribution in [3.8, 4) is 0 Å². The summed E-state index contributed by atoms with van der Waals surface area (Å²) in [4.78, 5) is 30.6. The number of anilines is 1. The molecule has 2 amide bonds. The number of aliphatic imine (C=N–C) groups is 1. The molecule has 2 rings (SSSR count). The number of halogens is 1. The maximum absolute atomic E-state index is 12.1. The Morgan fingerprint density at radius 3 is 2.70 bits per heavy atom. The van der Waals surface area contributed by atoms with Crippen LogP contribution in [0.2, 0.25) is 0 Å². The molecule has 1 fully saturated rings. The number of benzene rings is 1. The first-order chi connectivity index (χ1) is 14.0. The van der Waals surface area contributed by atoms with Gasteiger partial charge in [-0.25, -0.2) is 4.99 Å². The van der Waals surface area contributed by atoms with E-state index < -0.39 is 0 Å². The van der Waals surface area contributed by atoms with Gasteiger partial charge in [-0.05, 0) is 37.5 Å². The first-order valence-electron chi connectivity index (χ1n) is 10.7. The van der Waals surface area contributed by atoms with Crippen molar-refractivity contribution in [3.05, 3.63) is 29.8 Å². The van der Waals surface area contributed by atoms with Gasteiger partial charge in [0.2, 0.25) is 11.8 Å². The van der Waals surface area contributed by atoms with Gasteiger partial charge in [-0.3, -0.25) is 9.59 Å². The summed E-state index contributed by atoms with van der Waals surface area (Å²) in [6, 6.07) is 8.01. The van der Waals surface area contributed by atoms with Crippen LogP contribution in [0.4, 0.5) is 5.69 Å². The molecule has 1 aromatic carbocycles. The van der Waals surface area contributed by atoms with Crippen molar-refractivity contribution in [2.45, 2.75) is 59.5 Å². The van der Waals surface area contributed by atoms with E-state index >= 15 is 0 Å². The number of nitrogens with one attached hydrogen (secondary N) is 3. The number of carbonyl (C=O) groups is 2. The Balaban J connectivity index is 0.00000450. The number of carbonyl (C=O) groups excluding carboxylic acids is 2. The van der Waals surface area contributed by atoms with E-state index in [2.05, 4.69) is 20.9 Å². The molecule has 0 bridgehead atoms. The van der Waals surface area contributed by atoms with Crippen LogP contribution in [0.5, 0.6) is 0 Å². The van der Waals surface area contributed by atoms with Crippen molar-refractivity contribution in [2.75, 3.05) is 25.0 Å². The molecule has 0 saturated carbocycles. The molecule has 1 heterocycles. The van der Waals surface area contributed by atoms with Crippen molar-refractivity contribution in [3.63, 3.8) is 0 Å². The number of guanidine groups is 1. The maximum atomic E-state index is 12.1. The lowest BCUT2D eigenvalue weighted by Gasteiger charge is -2.18. The van der Waals surface area contributed by atoms with Crippen molar-refractivity contribution >= 4 is 47.4 Å². The molecule has 3 N–H and O–H groups in total. The van der Waals surface area contributed by atoms with E-state index in [1.807, 2.05) is 56.9 Å². The molecule has 30 heavy (non-hydrogen) atoms. The lowest BCUT2D eigenvalue weighted by molar-refractivity contribution is -0.129. The van der Waals surface area contributed by atoms with Crippen LogP contribution in [-0.4, -0.2) is 48.3 Å². The molecule has 0 spiro atoms. The van der Waals surface area contributed by atoms with Gasteiger partial charge in [0.15, 0.2) is 5.96 Å². The molecule has 168 valence electrons.